The Morgan fingerprint density at radius 1 is 0.903 bits per heavy atom. The van der Waals surface area contributed by atoms with Crippen molar-refractivity contribution in [3.8, 4) is 5.75 Å². The van der Waals surface area contributed by atoms with E-state index in [1.807, 2.05) is 49.4 Å². The Hall–Kier alpha value is -4.32. The van der Waals surface area contributed by atoms with Gasteiger partial charge in [0.2, 0.25) is 0 Å². The number of ether oxygens (including phenoxy) is 1. The number of carbonyl (C=O) groups excluding carboxylic acids is 2. The average Bonchev–Trinajstić information content (AvgIpc) is 2.80. The summed E-state index contributed by atoms with van der Waals surface area (Å²) in [5.74, 6) is -0.394. The number of hydrogen-bond acceptors (Lipinski definition) is 5. The molecule has 0 atom stereocenters. The zero-order valence-corrected chi connectivity index (χ0v) is 16.8. The summed E-state index contributed by atoms with van der Waals surface area (Å²) in [7, 11) is 0. The van der Waals surface area contributed by atoms with Crippen molar-refractivity contribution >= 4 is 29.0 Å². The van der Waals surface area contributed by atoms with Crippen molar-refractivity contribution < 1.29 is 14.3 Å². The summed E-state index contributed by atoms with van der Waals surface area (Å²) >= 11 is 0. The molecule has 4 rings (SSSR count). The normalized spacial score (nSPS) is 10.9. The van der Waals surface area contributed by atoms with E-state index < -0.39 is 11.9 Å². The molecular formula is C25H19N3O3. The molecule has 152 valence electrons. The van der Waals surface area contributed by atoms with Crippen LogP contribution in [0.2, 0.25) is 0 Å². The van der Waals surface area contributed by atoms with Crippen LogP contribution in [0.25, 0.3) is 10.9 Å². The second kappa shape index (κ2) is 9.00. The number of benzene rings is 3. The van der Waals surface area contributed by atoms with E-state index in [-0.39, 0.29) is 5.69 Å². The van der Waals surface area contributed by atoms with Gasteiger partial charge in [0.05, 0.1) is 17.3 Å². The second-order valence-electron chi connectivity index (χ2n) is 6.91. The molecule has 3 aromatic carbocycles. The Bertz CT molecular complexity index is 1260. The maximum Gasteiger partial charge on any atom is 0.343 e. The van der Waals surface area contributed by atoms with E-state index >= 15 is 0 Å². The first-order chi connectivity index (χ1) is 15.1. The van der Waals surface area contributed by atoms with Crippen molar-refractivity contribution in [2.45, 2.75) is 6.92 Å². The average molecular weight is 409 g/mol. The van der Waals surface area contributed by atoms with E-state index in [4.69, 9.17) is 4.74 Å². The predicted molar refractivity (Wildman–Crippen MR) is 119 cm³/mol. The van der Waals surface area contributed by atoms with Gasteiger partial charge in [0, 0.05) is 5.39 Å². The Morgan fingerprint density at radius 3 is 2.42 bits per heavy atom. The van der Waals surface area contributed by atoms with Crippen LogP contribution in [0.4, 0.5) is 0 Å². The Kier molecular flexibility index (Phi) is 5.80. The number of nitrogens with zero attached hydrogens (tertiary/aromatic N) is 2. The zero-order valence-electron chi connectivity index (χ0n) is 16.8. The van der Waals surface area contributed by atoms with Crippen molar-refractivity contribution in [2.75, 3.05) is 0 Å². The molecule has 0 aliphatic carbocycles. The van der Waals surface area contributed by atoms with Gasteiger partial charge in [-0.1, -0.05) is 42.0 Å². The summed E-state index contributed by atoms with van der Waals surface area (Å²) in [6, 6.07) is 25.1. The van der Waals surface area contributed by atoms with Crippen LogP contribution in [0.5, 0.6) is 5.75 Å². The Labute approximate surface area is 179 Å². The molecule has 0 saturated carbocycles. The topological polar surface area (TPSA) is 80.6 Å². The number of fused-ring (bicyclic) bond motifs is 1. The number of carbonyl (C=O) groups is 2. The summed E-state index contributed by atoms with van der Waals surface area (Å²) < 4.78 is 5.37. The van der Waals surface area contributed by atoms with Crippen LogP contribution in [0.3, 0.4) is 0 Å². The molecule has 0 unspecified atom stereocenters. The molecule has 6 heteroatoms. The number of esters is 1. The lowest BCUT2D eigenvalue weighted by Crippen LogP contribution is -2.18. The van der Waals surface area contributed by atoms with Crippen LogP contribution in [0.15, 0.2) is 90.0 Å². The van der Waals surface area contributed by atoms with Crippen LogP contribution in [0.1, 0.15) is 32.0 Å². The lowest BCUT2D eigenvalue weighted by molar-refractivity contribution is 0.0734. The number of aromatic nitrogens is 1. The van der Waals surface area contributed by atoms with Crippen LogP contribution in [-0.4, -0.2) is 23.1 Å². The summed E-state index contributed by atoms with van der Waals surface area (Å²) in [5.41, 5.74) is 5.80. The Morgan fingerprint density at radius 2 is 1.65 bits per heavy atom. The minimum Gasteiger partial charge on any atom is -0.423 e. The van der Waals surface area contributed by atoms with E-state index in [1.54, 1.807) is 42.5 Å². The third kappa shape index (κ3) is 5.00. The first kappa shape index (κ1) is 20.0. The number of hydrazone groups is 1. The largest absolute Gasteiger partial charge is 0.423 e. The number of hydrogen-bond donors (Lipinski definition) is 1. The number of rotatable bonds is 5. The molecule has 1 aromatic heterocycles. The SMILES string of the molecule is Cc1ccc(C(=O)Oc2ccc(/C=N/NC(=O)c3ccc4ccccc4n3)cc2)cc1. The van der Waals surface area contributed by atoms with Crippen LogP contribution < -0.4 is 10.2 Å². The standard InChI is InChI=1S/C25H19N3O3/c1-17-6-10-20(11-7-17)25(30)31-21-13-8-18(9-14-21)16-26-28-24(29)23-15-12-19-4-2-3-5-22(19)27-23/h2-16H,1H3,(H,28,29)/b26-16+. The summed E-state index contributed by atoms with van der Waals surface area (Å²) in [5, 5.41) is 4.94. The molecule has 0 aliphatic rings. The van der Waals surface area contributed by atoms with Crippen molar-refractivity contribution in [2.24, 2.45) is 5.10 Å². The molecule has 31 heavy (non-hydrogen) atoms. The minimum absolute atomic E-state index is 0.286. The molecule has 0 bridgehead atoms. The van der Waals surface area contributed by atoms with Crippen LogP contribution >= 0.6 is 0 Å². The van der Waals surface area contributed by atoms with Gasteiger partial charge < -0.3 is 4.74 Å². The lowest BCUT2D eigenvalue weighted by atomic mass is 10.1. The molecule has 4 aromatic rings. The van der Waals surface area contributed by atoms with Gasteiger partial charge in [-0.2, -0.15) is 5.10 Å². The molecule has 0 saturated heterocycles. The second-order valence-corrected chi connectivity index (χ2v) is 6.91. The molecular weight excluding hydrogens is 390 g/mol. The van der Waals surface area contributed by atoms with E-state index in [0.29, 0.717) is 11.3 Å². The Balaban J connectivity index is 1.35. The van der Waals surface area contributed by atoms with Crippen molar-refractivity contribution in [3.05, 3.63) is 107 Å². The molecule has 0 aliphatic heterocycles. The van der Waals surface area contributed by atoms with Gasteiger partial charge in [0.15, 0.2) is 0 Å². The smallest absolute Gasteiger partial charge is 0.343 e. The monoisotopic (exact) mass is 409 g/mol. The van der Waals surface area contributed by atoms with Gasteiger partial charge in [0.25, 0.3) is 5.91 Å². The van der Waals surface area contributed by atoms with E-state index in [0.717, 1.165) is 22.0 Å². The third-order valence-corrected chi connectivity index (χ3v) is 4.59. The summed E-state index contributed by atoms with van der Waals surface area (Å²) in [6.45, 7) is 1.95. The van der Waals surface area contributed by atoms with Gasteiger partial charge >= 0.3 is 5.97 Å². The maximum atomic E-state index is 12.3. The van der Waals surface area contributed by atoms with E-state index in [9.17, 15) is 9.59 Å². The van der Waals surface area contributed by atoms with Gasteiger partial charge in [-0.15, -0.1) is 0 Å². The first-order valence-electron chi connectivity index (χ1n) is 9.66. The summed E-state index contributed by atoms with van der Waals surface area (Å²) in [6.07, 6.45) is 1.50. The highest BCUT2D eigenvalue weighted by atomic mass is 16.5. The third-order valence-electron chi connectivity index (χ3n) is 4.59. The highest BCUT2D eigenvalue weighted by Gasteiger charge is 2.08. The van der Waals surface area contributed by atoms with Crippen molar-refractivity contribution in [1.29, 1.82) is 0 Å². The van der Waals surface area contributed by atoms with Gasteiger partial charge in [-0.3, -0.25) is 4.79 Å². The van der Waals surface area contributed by atoms with Crippen molar-refractivity contribution in [3.63, 3.8) is 0 Å². The van der Waals surface area contributed by atoms with Gasteiger partial charge in [0.1, 0.15) is 11.4 Å². The highest BCUT2D eigenvalue weighted by molar-refractivity contribution is 5.95. The lowest BCUT2D eigenvalue weighted by Gasteiger charge is -2.05. The zero-order chi connectivity index (χ0) is 21.6. The van der Waals surface area contributed by atoms with Gasteiger partial charge in [-0.05, 0) is 61.0 Å². The van der Waals surface area contributed by atoms with Crippen LogP contribution in [0, 0.1) is 6.92 Å². The number of pyridine rings is 1. The number of aryl methyl sites for hydroxylation is 1. The van der Waals surface area contributed by atoms with E-state index in [2.05, 4.69) is 15.5 Å². The molecule has 1 amide bonds. The van der Waals surface area contributed by atoms with Crippen molar-refractivity contribution in [1.82, 2.24) is 10.4 Å². The molecule has 1 heterocycles. The maximum absolute atomic E-state index is 12.3. The molecule has 0 radical (unpaired) electrons. The fraction of sp³-hybridized carbons (Fsp3) is 0.0400. The predicted octanol–water partition coefficient (Wildman–Crippen LogP) is 4.53. The summed E-state index contributed by atoms with van der Waals surface area (Å²) in [4.78, 5) is 28.8. The van der Waals surface area contributed by atoms with Crippen LogP contribution in [-0.2, 0) is 0 Å². The molecule has 0 spiro atoms. The van der Waals surface area contributed by atoms with E-state index in [1.165, 1.54) is 6.21 Å². The fourth-order valence-electron chi connectivity index (χ4n) is 2.89. The minimum atomic E-state index is -0.420. The molecule has 1 N–H and O–H groups in total. The number of nitrogens with one attached hydrogen (secondary N) is 1. The van der Waals surface area contributed by atoms with Gasteiger partial charge in [-0.25, -0.2) is 15.2 Å². The highest BCUT2D eigenvalue weighted by Crippen LogP contribution is 2.14. The molecule has 6 nitrogen and oxygen atoms in total. The quantitative estimate of drug-likeness (QED) is 0.227. The molecule has 0 fully saturated rings. The first-order valence-corrected chi connectivity index (χ1v) is 9.66. The fourth-order valence-corrected chi connectivity index (χ4v) is 2.89. The number of amides is 1. The number of para-hydroxylation sites is 1.